The van der Waals surface area contributed by atoms with E-state index in [2.05, 4.69) is 4.90 Å². The summed E-state index contributed by atoms with van der Waals surface area (Å²) in [6.45, 7) is 4.71. The van der Waals surface area contributed by atoms with E-state index in [9.17, 15) is 0 Å². The third-order valence-corrected chi connectivity index (χ3v) is 4.35. The van der Waals surface area contributed by atoms with E-state index in [-0.39, 0.29) is 0 Å². The van der Waals surface area contributed by atoms with Gasteiger partial charge in [0.1, 0.15) is 0 Å². The summed E-state index contributed by atoms with van der Waals surface area (Å²) in [6, 6.07) is 0.926. The molecule has 14 heavy (non-hydrogen) atoms. The quantitative estimate of drug-likeness (QED) is 0.635. The zero-order valence-electron chi connectivity index (χ0n) is 9.00. The molecule has 0 N–H and O–H groups in total. The first-order valence-corrected chi connectivity index (χ1v) is 6.20. The number of likely N-dealkylation sites (tertiary alicyclic amines) is 1. The number of hydrogen-bond acceptors (Lipinski definition) is 2. The molecule has 0 aromatic carbocycles. The van der Waals surface area contributed by atoms with Crippen molar-refractivity contribution in [3.63, 3.8) is 0 Å². The topological polar surface area (TPSA) is 12.5 Å². The van der Waals surface area contributed by atoms with E-state index in [1.165, 1.54) is 51.6 Å². The standard InChI is InChI=1S/C12H21NO/c1-2-4-11(5-3-1)13-8-12(9-13)6-7-14-10-12/h11H,1-10H2. The average molecular weight is 195 g/mol. The highest BCUT2D eigenvalue weighted by molar-refractivity contribution is 4.99. The van der Waals surface area contributed by atoms with Gasteiger partial charge in [0, 0.05) is 31.2 Å². The molecule has 2 nitrogen and oxygen atoms in total. The van der Waals surface area contributed by atoms with Crippen molar-refractivity contribution in [2.75, 3.05) is 26.3 Å². The summed E-state index contributed by atoms with van der Waals surface area (Å²) in [7, 11) is 0. The fourth-order valence-electron chi connectivity index (χ4n) is 3.42. The second kappa shape index (κ2) is 3.49. The molecular weight excluding hydrogens is 174 g/mol. The van der Waals surface area contributed by atoms with Gasteiger partial charge in [0.15, 0.2) is 0 Å². The van der Waals surface area contributed by atoms with Crippen molar-refractivity contribution in [2.45, 2.75) is 44.6 Å². The normalized spacial score (nSPS) is 33.4. The van der Waals surface area contributed by atoms with E-state index in [1.807, 2.05) is 0 Å². The molecule has 0 radical (unpaired) electrons. The number of hydrogen-bond donors (Lipinski definition) is 0. The van der Waals surface area contributed by atoms with E-state index in [1.54, 1.807) is 0 Å². The Bertz CT molecular complexity index is 196. The highest BCUT2D eigenvalue weighted by Crippen LogP contribution is 2.41. The van der Waals surface area contributed by atoms with Gasteiger partial charge in [-0.25, -0.2) is 0 Å². The van der Waals surface area contributed by atoms with E-state index in [0.29, 0.717) is 5.41 Å². The second-order valence-corrected chi connectivity index (χ2v) is 5.50. The Morgan fingerprint density at radius 3 is 2.50 bits per heavy atom. The summed E-state index contributed by atoms with van der Waals surface area (Å²) in [4.78, 5) is 2.72. The van der Waals surface area contributed by atoms with Crippen LogP contribution in [0.5, 0.6) is 0 Å². The molecule has 0 aromatic rings. The van der Waals surface area contributed by atoms with Gasteiger partial charge in [-0.2, -0.15) is 0 Å². The second-order valence-electron chi connectivity index (χ2n) is 5.50. The Morgan fingerprint density at radius 1 is 1.07 bits per heavy atom. The largest absolute Gasteiger partial charge is 0.381 e. The molecule has 2 aliphatic heterocycles. The number of rotatable bonds is 1. The molecule has 3 fully saturated rings. The fourth-order valence-corrected chi connectivity index (χ4v) is 3.42. The molecule has 2 heterocycles. The summed E-state index contributed by atoms with van der Waals surface area (Å²) >= 11 is 0. The van der Waals surface area contributed by atoms with Gasteiger partial charge < -0.3 is 4.74 Å². The molecule has 1 saturated carbocycles. The average Bonchev–Trinajstić information content (AvgIpc) is 2.65. The molecule has 1 spiro atoms. The van der Waals surface area contributed by atoms with Crippen molar-refractivity contribution in [3.8, 4) is 0 Å². The molecular formula is C12H21NO. The van der Waals surface area contributed by atoms with Gasteiger partial charge in [-0.15, -0.1) is 0 Å². The molecule has 80 valence electrons. The molecule has 0 atom stereocenters. The lowest BCUT2D eigenvalue weighted by atomic mass is 9.77. The van der Waals surface area contributed by atoms with Gasteiger partial charge in [0.05, 0.1) is 6.61 Å². The van der Waals surface area contributed by atoms with Gasteiger partial charge in [0.25, 0.3) is 0 Å². The minimum Gasteiger partial charge on any atom is -0.381 e. The van der Waals surface area contributed by atoms with Crippen LogP contribution in [0.15, 0.2) is 0 Å². The fraction of sp³-hybridized carbons (Fsp3) is 1.00. The van der Waals surface area contributed by atoms with Gasteiger partial charge in [-0.05, 0) is 19.3 Å². The first-order valence-electron chi connectivity index (χ1n) is 6.20. The van der Waals surface area contributed by atoms with Crippen LogP contribution in [0, 0.1) is 5.41 Å². The molecule has 0 aromatic heterocycles. The molecule has 3 aliphatic rings. The Labute approximate surface area is 86.6 Å². The summed E-state index contributed by atoms with van der Waals surface area (Å²) in [5, 5.41) is 0. The monoisotopic (exact) mass is 195 g/mol. The van der Waals surface area contributed by atoms with E-state index >= 15 is 0 Å². The van der Waals surface area contributed by atoms with Crippen LogP contribution < -0.4 is 0 Å². The lowest BCUT2D eigenvalue weighted by molar-refractivity contribution is -0.0443. The smallest absolute Gasteiger partial charge is 0.0547 e. The third kappa shape index (κ3) is 1.49. The van der Waals surface area contributed by atoms with Gasteiger partial charge in [-0.1, -0.05) is 19.3 Å². The lowest BCUT2D eigenvalue weighted by Crippen LogP contribution is -2.60. The Hall–Kier alpha value is -0.0800. The highest BCUT2D eigenvalue weighted by atomic mass is 16.5. The van der Waals surface area contributed by atoms with Crippen LogP contribution in [0.2, 0.25) is 0 Å². The maximum atomic E-state index is 5.51. The van der Waals surface area contributed by atoms with Crippen LogP contribution in [0.1, 0.15) is 38.5 Å². The van der Waals surface area contributed by atoms with Crippen molar-refractivity contribution in [1.29, 1.82) is 0 Å². The minimum absolute atomic E-state index is 0.595. The summed E-state index contributed by atoms with van der Waals surface area (Å²) in [6.07, 6.45) is 8.62. The van der Waals surface area contributed by atoms with E-state index in [0.717, 1.165) is 19.3 Å². The van der Waals surface area contributed by atoms with Crippen LogP contribution in [0.3, 0.4) is 0 Å². The van der Waals surface area contributed by atoms with Crippen molar-refractivity contribution in [3.05, 3.63) is 0 Å². The van der Waals surface area contributed by atoms with Crippen molar-refractivity contribution >= 4 is 0 Å². The lowest BCUT2D eigenvalue weighted by Gasteiger charge is -2.51. The maximum absolute atomic E-state index is 5.51. The maximum Gasteiger partial charge on any atom is 0.0547 e. The minimum atomic E-state index is 0.595. The van der Waals surface area contributed by atoms with Crippen LogP contribution in [-0.4, -0.2) is 37.2 Å². The Kier molecular flexibility index (Phi) is 2.29. The number of ether oxygens (including phenoxy) is 1. The van der Waals surface area contributed by atoms with Crippen molar-refractivity contribution in [2.24, 2.45) is 5.41 Å². The Balaban J connectivity index is 1.52. The first-order chi connectivity index (χ1) is 6.88. The van der Waals surface area contributed by atoms with Crippen molar-refractivity contribution in [1.82, 2.24) is 4.90 Å². The first kappa shape index (κ1) is 9.17. The Morgan fingerprint density at radius 2 is 1.86 bits per heavy atom. The third-order valence-electron chi connectivity index (χ3n) is 4.35. The summed E-state index contributed by atoms with van der Waals surface area (Å²) in [5.74, 6) is 0. The van der Waals surface area contributed by atoms with Crippen LogP contribution in [-0.2, 0) is 4.74 Å². The van der Waals surface area contributed by atoms with E-state index in [4.69, 9.17) is 4.74 Å². The SMILES string of the molecule is C1CCC(N2CC3(CCOC3)C2)CC1. The molecule has 2 saturated heterocycles. The van der Waals surface area contributed by atoms with Crippen LogP contribution in [0.25, 0.3) is 0 Å². The van der Waals surface area contributed by atoms with Crippen LogP contribution >= 0.6 is 0 Å². The predicted octanol–water partition coefficient (Wildman–Crippen LogP) is 2.04. The molecule has 0 unspecified atom stereocenters. The van der Waals surface area contributed by atoms with Crippen LogP contribution in [0.4, 0.5) is 0 Å². The molecule has 0 bridgehead atoms. The van der Waals surface area contributed by atoms with Gasteiger partial charge >= 0.3 is 0 Å². The predicted molar refractivity (Wildman–Crippen MR) is 56.3 cm³/mol. The van der Waals surface area contributed by atoms with Crippen molar-refractivity contribution < 1.29 is 4.74 Å². The molecule has 0 amide bonds. The summed E-state index contributed by atoms with van der Waals surface area (Å²) < 4.78 is 5.51. The summed E-state index contributed by atoms with van der Waals surface area (Å²) in [5.41, 5.74) is 0.595. The number of nitrogens with zero attached hydrogens (tertiary/aromatic N) is 1. The zero-order chi connectivity index (χ0) is 9.43. The molecule has 2 heteroatoms. The molecule has 3 rings (SSSR count). The van der Waals surface area contributed by atoms with Gasteiger partial charge in [0.2, 0.25) is 0 Å². The highest BCUT2D eigenvalue weighted by Gasteiger charge is 2.47. The zero-order valence-corrected chi connectivity index (χ0v) is 9.00. The van der Waals surface area contributed by atoms with E-state index < -0.39 is 0 Å². The molecule has 1 aliphatic carbocycles. The van der Waals surface area contributed by atoms with Gasteiger partial charge in [-0.3, -0.25) is 4.90 Å².